The Balaban J connectivity index is 2.07. The molecule has 0 unspecified atom stereocenters. The van der Waals surface area contributed by atoms with Gasteiger partial charge in [0.15, 0.2) is 0 Å². The number of methoxy groups -OCH3 is 1. The van der Waals surface area contributed by atoms with E-state index in [-0.39, 0.29) is 11.7 Å². The molecular formula is C15H28N4O2. The predicted molar refractivity (Wildman–Crippen MR) is 81.2 cm³/mol. The van der Waals surface area contributed by atoms with Crippen LogP contribution in [0.3, 0.4) is 0 Å². The summed E-state index contributed by atoms with van der Waals surface area (Å²) in [6.07, 6.45) is 0.108. The lowest BCUT2D eigenvalue weighted by atomic mass is 10.1. The first-order valence-electron chi connectivity index (χ1n) is 7.59. The molecule has 0 radical (unpaired) electrons. The van der Waals surface area contributed by atoms with Gasteiger partial charge in [0.25, 0.3) is 0 Å². The summed E-state index contributed by atoms with van der Waals surface area (Å²) in [5.41, 5.74) is -0.166. The Bertz CT molecular complexity index is 470. The third kappa shape index (κ3) is 4.02. The standard InChI is InChI=1S/C15H28N4O2/c1-11(2)14-17-16-13(18(14)5)8-19-7-12(9-20-6)21-15(3,4)10-19/h11-12H,7-10H2,1-6H3/t12-/m1/s1. The quantitative estimate of drug-likeness (QED) is 0.825. The molecule has 1 aliphatic heterocycles. The van der Waals surface area contributed by atoms with E-state index in [1.807, 2.05) is 7.05 Å². The summed E-state index contributed by atoms with van der Waals surface area (Å²) in [6, 6.07) is 0. The first kappa shape index (κ1) is 16.4. The summed E-state index contributed by atoms with van der Waals surface area (Å²) >= 11 is 0. The third-order valence-electron chi connectivity index (χ3n) is 3.78. The van der Waals surface area contributed by atoms with Gasteiger partial charge in [-0.1, -0.05) is 13.8 Å². The Morgan fingerprint density at radius 2 is 2.10 bits per heavy atom. The van der Waals surface area contributed by atoms with Crippen molar-refractivity contribution in [1.82, 2.24) is 19.7 Å². The molecule has 1 saturated heterocycles. The van der Waals surface area contributed by atoms with Gasteiger partial charge in [0, 0.05) is 33.2 Å². The first-order chi connectivity index (χ1) is 9.82. The van der Waals surface area contributed by atoms with E-state index in [1.165, 1.54) is 0 Å². The van der Waals surface area contributed by atoms with Crippen molar-refractivity contribution in [1.29, 1.82) is 0 Å². The smallest absolute Gasteiger partial charge is 0.146 e. The average molecular weight is 296 g/mol. The molecule has 1 aromatic rings. The SMILES string of the molecule is COC[C@H]1CN(Cc2nnc(C(C)C)n2C)CC(C)(C)O1. The minimum Gasteiger partial charge on any atom is -0.382 e. The Morgan fingerprint density at radius 1 is 1.38 bits per heavy atom. The molecule has 2 heterocycles. The second-order valence-electron chi connectivity index (χ2n) is 6.81. The predicted octanol–water partition coefficient (Wildman–Crippen LogP) is 1.56. The summed E-state index contributed by atoms with van der Waals surface area (Å²) < 4.78 is 13.4. The maximum atomic E-state index is 6.05. The molecule has 1 aromatic heterocycles. The van der Waals surface area contributed by atoms with E-state index in [0.29, 0.717) is 12.5 Å². The largest absolute Gasteiger partial charge is 0.382 e. The van der Waals surface area contributed by atoms with Crippen LogP contribution in [0.15, 0.2) is 0 Å². The Labute approximate surface area is 127 Å². The molecule has 6 nitrogen and oxygen atoms in total. The minimum atomic E-state index is -0.166. The topological polar surface area (TPSA) is 52.4 Å². The van der Waals surface area contributed by atoms with Crippen LogP contribution in [0.25, 0.3) is 0 Å². The monoisotopic (exact) mass is 296 g/mol. The van der Waals surface area contributed by atoms with Gasteiger partial charge in [0.05, 0.1) is 24.9 Å². The van der Waals surface area contributed by atoms with Gasteiger partial charge in [-0.2, -0.15) is 0 Å². The highest BCUT2D eigenvalue weighted by molar-refractivity contribution is 5.00. The van der Waals surface area contributed by atoms with Gasteiger partial charge in [-0.25, -0.2) is 0 Å². The molecule has 0 amide bonds. The number of hydrogen-bond acceptors (Lipinski definition) is 5. The lowest BCUT2D eigenvalue weighted by Gasteiger charge is -2.42. The van der Waals surface area contributed by atoms with Gasteiger partial charge in [-0.05, 0) is 13.8 Å². The van der Waals surface area contributed by atoms with Gasteiger partial charge >= 0.3 is 0 Å². The number of ether oxygens (including phenoxy) is 2. The molecule has 1 fully saturated rings. The summed E-state index contributed by atoms with van der Waals surface area (Å²) in [5.74, 6) is 2.43. The van der Waals surface area contributed by atoms with Crippen LogP contribution in [0.1, 0.15) is 45.3 Å². The number of aromatic nitrogens is 3. The van der Waals surface area contributed by atoms with Crippen LogP contribution in [0.2, 0.25) is 0 Å². The van der Waals surface area contributed by atoms with Crippen molar-refractivity contribution in [3.8, 4) is 0 Å². The van der Waals surface area contributed by atoms with Crippen molar-refractivity contribution in [2.45, 2.75) is 51.9 Å². The highest BCUT2D eigenvalue weighted by atomic mass is 16.5. The molecule has 21 heavy (non-hydrogen) atoms. The van der Waals surface area contributed by atoms with E-state index < -0.39 is 0 Å². The van der Waals surface area contributed by atoms with E-state index in [0.717, 1.165) is 31.3 Å². The summed E-state index contributed by atoms with van der Waals surface area (Å²) in [7, 11) is 3.76. The molecular weight excluding hydrogens is 268 g/mol. The normalized spacial score (nSPS) is 22.9. The van der Waals surface area contributed by atoms with Gasteiger partial charge in [0.2, 0.25) is 0 Å². The first-order valence-corrected chi connectivity index (χ1v) is 7.59. The van der Waals surface area contributed by atoms with Crippen molar-refractivity contribution in [2.75, 3.05) is 26.8 Å². The highest BCUT2D eigenvalue weighted by Gasteiger charge is 2.34. The minimum absolute atomic E-state index is 0.108. The van der Waals surface area contributed by atoms with E-state index >= 15 is 0 Å². The van der Waals surface area contributed by atoms with Crippen LogP contribution in [0.4, 0.5) is 0 Å². The fourth-order valence-corrected chi connectivity index (χ4v) is 3.03. The molecule has 120 valence electrons. The number of hydrogen-bond donors (Lipinski definition) is 0. The summed E-state index contributed by atoms with van der Waals surface area (Å²) in [4.78, 5) is 2.38. The highest BCUT2D eigenvalue weighted by Crippen LogP contribution is 2.23. The zero-order valence-electron chi connectivity index (χ0n) is 14.1. The van der Waals surface area contributed by atoms with Crippen molar-refractivity contribution in [3.05, 3.63) is 11.6 Å². The molecule has 6 heteroatoms. The van der Waals surface area contributed by atoms with Crippen molar-refractivity contribution in [2.24, 2.45) is 7.05 Å². The lowest BCUT2D eigenvalue weighted by molar-refractivity contribution is -0.154. The fourth-order valence-electron chi connectivity index (χ4n) is 3.03. The third-order valence-corrected chi connectivity index (χ3v) is 3.78. The van der Waals surface area contributed by atoms with Crippen LogP contribution in [-0.2, 0) is 23.1 Å². The molecule has 0 aliphatic carbocycles. The van der Waals surface area contributed by atoms with E-state index in [9.17, 15) is 0 Å². The molecule has 1 aliphatic rings. The van der Waals surface area contributed by atoms with Gasteiger partial charge in [-0.15, -0.1) is 10.2 Å². The Morgan fingerprint density at radius 3 is 2.67 bits per heavy atom. The number of nitrogens with zero attached hydrogens (tertiary/aromatic N) is 4. The van der Waals surface area contributed by atoms with E-state index in [4.69, 9.17) is 9.47 Å². The summed E-state index contributed by atoms with van der Waals surface area (Å²) in [5, 5.41) is 8.65. The maximum absolute atomic E-state index is 6.05. The molecule has 0 aromatic carbocycles. The van der Waals surface area contributed by atoms with Crippen molar-refractivity contribution < 1.29 is 9.47 Å². The van der Waals surface area contributed by atoms with Crippen LogP contribution in [0.5, 0.6) is 0 Å². The number of rotatable bonds is 5. The molecule has 1 atom stereocenters. The van der Waals surface area contributed by atoms with Crippen molar-refractivity contribution >= 4 is 0 Å². The number of morpholine rings is 1. The van der Waals surface area contributed by atoms with Gasteiger partial charge in [0.1, 0.15) is 11.6 Å². The summed E-state index contributed by atoms with van der Waals surface area (Å²) in [6.45, 7) is 11.7. The second kappa shape index (κ2) is 6.42. The second-order valence-corrected chi connectivity index (χ2v) is 6.81. The van der Waals surface area contributed by atoms with Crippen LogP contribution < -0.4 is 0 Å². The Hall–Kier alpha value is -0.980. The van der Waals surface area contributed by atoms with E-state index in [1.54, 1.807) is 7.11 Å². The molecule has 0 bridgehead atoms. The lowest BCUT2D eigenvalue weighted by Crippen LogP contribution is -2.53. The Kier molecular flexibility index (Phi) is 5.01. The van der Waals surface area contributed by atoms with Crippen LogP contribution >= 0.6 is 0 Å². The molecule has 0 saturated carbocycles. The molecule has 0 N–H and O–H groups in total. The molecule has 0 spiro atoms. The average Bonchev–Trinajstić information content (AvgIpc) is 2.69. The zero-order chi connectivity index (χ0) is 15.6. The fraction of sp³-hybridized carbons (Fsp3) is 0.867. The van der Waals surface area contributed by atoms with Crippen LogP contribution in [0, 0.1) is 0 Å². The van der Waals surface area contributed by atoms with E-state index in [2.05, 4.69) is 47.4 Å². The van der Waals surface area contributed by atoms with Crippen LogP contribution in [-0.4, -0.2) is 58.2 Å². The van der Waals surface area contributed by atoms with Gasteiger partial charge < -0.3 is 14.0 Å². The molecule has 2 rings (SSSR count). The van der Waals surface area contributed by atoms with Gasteiger partial charge in [-0.3, -0.25) is 4.90 Å². The maximum Gasteiger partial charge on any atom is 0.146 e. The zero-order valence-corrected chi connectivity index (χ0v) is 14.1. The van der Waals surface area contributed by atoms with Crippen molar-refractivity contribution in [3.63, 3.8) is 0 Å².